The zero-order valence-corrected chi connectivity index (χ0v) is 32.6. The van der Waals surface area contributed by atoms with Crippen molar-refractivity contribution >= 4 is 5.97 Å². The molecule has 7 rings (SSSR count). The van der Waals surface area contributed by atoms with Gasteiger partial charge >= 0.3 is 5.97 Å². The molecule has 296 valence electrons. The quantitative estimate of drug-likeness (QED) is 0.168. The van der Waals surface area contributed by atoms with Crippen LogP contribution in [0.15, 0.2) is 11.6 Å². The van der Waals surface area contributed by atoms with Gasteiger partial charge in [-0.25, -0.2) is 0 Å². The molecule has 5 aliphatic carbocycles. The van der Waals surface area contributed by atoms with E-state index in [1.54, 1.807) is 6.92 Å². The van der Waals surface area contributed by atoms with Gasteiger partial charge in [0.15, 0.2) is 18.9 Å². The second-order valence-electron chi connectivity index (χ2n) is 20.2. The Balaban J connectivity index is 1.10. The van der Waals surface area contributed by atoms with Crippen LogP contribution in [0.4, 0.5) is 0 Å². The SMILES string of the molecule is CC1OC(OC2CC(O)C(O)C(OC3CCC4(C)C(CCC5(C)C4CC=C4C6CC(C)(C)CCC6(C(=O)O)CCC45C)C3(C)C)O2)C(O)C(O)C1O. The van der Waals surface area contributed by atoms with Crippen molar-refractivity contribution in [2.75, 3.05) is 0 Å². The Hall–Kier alpha value is -1.15. The van der Waals surface area contributed by atoms with Gasteiger partial charge in [-0.05, 0) is 116 Å². The van der Waals surface area contributed by atoms with E-state index in [-0.39, 0.29) is 45.5 Å². The zero-order valence-electron chi connectivity index (χ0n) is 32.6. The first-order chi connectivity index (χ1) is 24.1. The predicted molar refractivity (Wildman–Crippen MR) is 190 cm³/mol. The number of carboxylic acid groups (broad SMARTS) is 1. The number of hydrogen-bond donors (Lipinski definition) is 6. The van der Waals surface area contributed by atoms with E-state index in [1.807, 2.05) is 0 Å². The third-order valence-corrected chi connectivity index (χ3v) is 16.8. The molecule has 2 heterocycles. The lowest BCUT2D eigenvalue weighted by Gasteiger charge is -2.71. The highest BCUT2D eigenvalue weighted by Gasteiger charge is 2.69. The molecule has 17 atom stereocenters. The van der Waals surface area contributed by atoms with Gasteiger partial charge in [-0.15, -0.1) is 0 Å². The monoisotopic (exact) mass is 734 g/mol. The standard InChI is InChI=1S/C41H66O11/c1-21-29(43)31(45)32(46)34(49-21)52-28-19-24(42)30(44)33(51-28)50-27-12-13-38(6)25(37(27,4)5)11-14-40(8)26(38)10-9-22-23-20-36(2,3)15-17-41(23,35(47)48)18-16-39(22,40)7/h9,21,23-34,42-46H,10-20H2,1-8H3,(H,47,48). The van der Waals surface area contributed by atoms with Crippen molar-refractivity contribution in [2.45, 2.75) is 188 Å². The van der Waals surface area contributed by atoms with E-state index in [2.05, 4.69) is 54.5 Å². The zero-order chi connectivity index (χ0) is 38.0. The van der Waals surface area contributed by atoms with Crippen LogP contribution in [0.5, 0.6) is 0 Å². The summed E-state index contributed by atoms with van der Waals surface area (Å²) < 4.78 is 24.2. The lowest BCUT2D eigenvalue weighted by Crippen LogP contribution is -2.65. The fourth-order valence-electron chi connectivity index (χ4n) is 13.3. The molecule has 0 aromatic rings. The van der Waals surface area contributed by atoms with Crippen molar-refractivity contribution in [3.63, 3.8) is 0 Å². The minimum atomic E-state index is -1.53. The van der Waals surface area contributed by atoms with Gasteiger partial charge in [-0.1, -0.05) is 60.1 Å². The third kappa shape index (κ3) is 5.72. The number of allylic oxidation sites excluding steroid dienone is 2. The molecular weight excluding hydrogens is 668 g/mol. The van der Waals surface area contributed by atoms with Gasteiger partial charge in [-0.2, -0.15) is 0 Å². The molecule has 11 heteroatoms. The molecular formula is C41H66O11. The third-order valence-electron chi connectivity index (χ3n) is 16.8. The van der Waals surface area contributed by atoms with Crippen LogP contribution in [0.2, 0.25) is 0 Å². The van der Waals surface area contributed by atoms with Crippen LogP contribution in [0.1, 0.15) is 126 Å². The number of aliphatic hydroxyl groups is 5. The number of aliphatic carboxylic acids is 1. The summed E-state index contributed by atoms with van der Waals surface area (Å²) in [6.45, 7) is 18.2. The summed E-state index contributed by atoms with van der Waals surface area (Å²) >= 11 is 0. The number of ether oxygens (including phenoxy) is 4. The van der Waals surface area contributed by atoms with Crippen molar-refractivity contribution in [3.8, 4) is 0 Å². The number of aliphatic hydroxyl groups excluding tert-OH is 5. The predicted octanol–water partition coefficient (Wildman–Crippen LogP) is 4.90. The maximum atomic E-state index is 13.0. The summed E-state index contributed by atoms with van der Waals surface area (Å²) in [5, 5.41) is 63.5. The first kappa shape index (κ1) is 39.1. The maximum Gasteiger partial charge on any atom is 0.310 e. The van der Waals surface area contributed by atoms with Crippen LogP contribution in [-0.4, -0.2) is 98.2 Å². The molecule has 4 saturated carbocycles. The topological polar surface area (TPSA) is 175 Å². The molecule has 0 aromatic carbocycles. The molecule has 0 radical (unpaired) electrons. The highest BCUT2D eigenvalue weighted by molar-refractivity contribution is 5.76. The van der Waals surface area contributed by atoms with Crippen molar-refractivity contribution in [2.24, 2.45) is 50.2 Å². The minimum Gasteiger partial charge on any atom is -0.481 e. The van der Waals surface area contributed by atoms with Gasteiger partial charge < -0.3 is 49.6 Å². The van der Waals surface area contributed by atoms with Gasteiger partial charge in [0.1, 0.15) is 24.4 Å². The summed E-state index contributed by atoms with van der Waals surface area (Å²) in [6, 6.07) is 0. The minimum absolute atomic E-state index is 0.0162. The van der Waals surface area contributed by atoms with Gasteiger partial charge in [0, 0.05) is 6.42 Å². The van der Waals surface area contributed by atoms with Crippen molar-refractivity contribution < 1.29 is 54.4 Å². The first-order valence-electron chi connectivity index (χ1n) is 20.1. The number of rotatable bonds is 5. The fourth-order valence-corrected chi connectivity index (χ4v) is 13.3. The first-order valence-corrected chi connectivity index (χ1v) is 20.1. The van der Waals surface area contributed by atoms with Crippen molar-refractivity contribution in [3.05, 3.63) is 11.6 Å². The molecule has 2 saturated heterocycles. The molecule has 6 N–H and O–H groups in total. The van der Waals surface area contributed by atoms with Crippen LogP contribution >= 0.6 is 0 Å². The van der Waals surface area contributed by atoms with E-state index in [4.69, 9.17) is 18.9 Å². The average Bonchev–Trinajstić information content (AvgIpc) is 3.06. The van der Waals surface area contributed by atoms with Crippen LogP contribution in [0.25, 0.3) is 0 Å². The van der Waals surface area contributed by atoms with Crippen LogP contribution < -0.4 is 0 Å². The molecule has 6 fully saturated rings. The molecule has 0 spiro atoms. The summed E-state index contributed by atoms with van der Waals surface area (Å²) in [6.07, 6.45) is 0.00756. The van der Waals surface area contributed by atoms with Gasteiger partial charge in [0.2, 0.25) is 0 Å². The van der Waals surface area contributed by atoms with E-state index in [0.29, 0.717) is 11.8 Å². The molecule has 52 heavy (non-hydrogen) atoms. The second kappa shape index (κ2) is 12.9. The normalized spacial score (nSPS) is 54.1. The summed E-state index contributed by atoms with van der Waals surface area (Å²) in [5.41, 5.74) is 0.585. The van der Waals surface area contributed by atoms with E-state index < -0.39 is 66.9 Å². The Kier molecular flexibility index (Phi) is 9.74. The lowest BCUT2D eigenvalue weighted by atomic mass is 9.33. The van der Waals surface area contributed by atoms with Crippen LogP contribution in [-0.2, 0) is 23.7 Å². The molecule has 11 nitrogen and oxygen atoms in total. The number of carboxylic acids is 1. The van der Waals surface area contributed by atoms with E-state index in [0.717, 1.165) is 64.2 Å². The summed E-state index contributed by atoms with van der Waals surface area (Å²) in [7, 11) is 0. The Morgan fingerprint density at radius 2 is 1.44 bits per heavy atom. The molecule has 0 aromatic heterocycles. The molecule has 7 aliphatic rings. The van der Waals surface area contributed by atoms with Gasteiger partial charge in [-0.3, -0.25) is 4.79 Å². The fraction of sp³-hybridized carbons (Fsp3) is 0.927. The van der Waals surface area contributed by atoms with E-state index in [9.17, 15) is 35.4 Å². The smallest absolute Gasteiger partial charge is 0.310 e. The largest absolute Gasteiger partial charge is 0.481 e. The van der Waals surface area contributed by atoms with Gasteiger partial charge in [0.05, 0.1) is 23.7 Å². The number of fused-ring (bicyclic) bond motifs is 7. The highest BCUT2D eigenvalue weighted by Crippen LogP contribution is 2.76. The van der Waals surface area contributed by atoms with Crippen molar-refractivity contribution in [1.29, 1.82) is 0 Å². The highest BCUT2D eigenvalue weighted by atomic mass is 16.8. The van der Waals surface area contributed by atoms with Crippen molar-refractivity contribution in [1.82, 2.24) is 0 Å². The Morgan fingerprint density at radius 3 is 2.13 bits per heavy atom. The van der Waals surface area contributed by atoms with Crippen LogP contribution in [0.3, 0.4) is 0 Å². The number of hydrogen-bond acceptors (Lipinski definition) is 10. The molecule has 0 amide bonds. The summed E-state index contributed by atoms with van der Waals surface area (Å²) in [4.78, 5) is 13.0. The van der Waals surface area contributed by atoms with E-state index in [1.165, 1.54) is 5.57 Å². The molecule has 0 bridgehead atoms. The average molecular weight is 735 g/mol. The Morgan fingerprint density at radius 1 is 0.769 bits per heavy atom. The Labute approximate surface area is 309 Å². The van der Waals surface area contributed by atoms with Gasteiger partial charge in [0.25, 0.3) is 0 Å². The molecule has 2 aliphatic heterocycles. The Bertz CT molecular complexity index is 1410. The van der Waals surface area contributed by atoms with E-state index >= 15 is 0 Å². The van der Waals surface area contributed by atoms with Crippen LogP contribution in [0, 0.1) is 50.2 Å². The maximum absolute atomic E-state index is 13.0. The number of carbonyl (C=O) groups is 1. The summed E-state index contributed by atoms with van der Waals surface area (Å²) in [5.74, 6) is 0.221. The lowest BCUT2D eigenvalue weighted by molar-refractivity contribution is -0.386. The second-order valence-corrected chi connectivity index (χ2v) is 20.2. The molecule has 17 unspecified atom stereocenters.